The van der Waals surface area contributed by atoms with Gasteiger partial charge in [0.15, 0.2) is 0 Å². The van der Waals surface area contributed by atoms with E-state index in [-0.39, 0.29) is 0 Å². The summed E-state index contributed by atoms with van der Waals surface area (Å²) >= 11 is 0. The van der Waals surface area contributed by atoms with Crippen molar-refractivity contribution in [2.24, 2.45) is 0 Å². The van der Waals surface area contributed by atoms with Gasteiger partial charge in [-0.15, -0.1) is 0 Å². The number of benzene rings is 2. The van der Waals surface area contributed by atoms with Gasteiger partial charge in [-0.3, -0.25) is 4.72 Å². The van der Waals surface area contributed by atoms with E-state index in [9.17, 15) is 8.42 Å². The van der Waals surface area contributed by atoms with Crippen LogP contribution in [0.1, 0.15) is 36.5 Å². The Morgan fingerprint density at radius 1 is 1.00 bits per heavy atom. The molecule has 2 aromatic rings. The Bertz CT molecular complexity index is 845. The van der Waals surface area contributed by atoms with Crippen LogP contribution in [0, 0.1) is 0 Å². The van der Waals surface area contributed by atoms with Crippen molar-refractivity contribution in [1.82, 2.24) is 4.90 Å². The molecule has 140 valence electrons. The van der Waals surface area contributed by atoms with Crippen LogP contribution in [0.15, 0.2) is 47.4 Å². The lowest BCUT2D eigenvalue weighted by molar-refractivity contribution is 0.352. The Morgan fingerprint density at radius 3 is 2.38 bits per heavy atom. The topological polar surface area (TPSA) is 49.4 Å². The summed E-state index contributed by atoms with van der Waals surface area (Å²) in [4.78, 5) is 2.63. The lowest BCUT2D eigenvalue weighted by Gasteiger charge is -2.12. The summed E-state index contributed by atoms with van der Waals surface area (Å²) in [7, 11) is -1.46. The van der Waals surface area contributed by atoms with Crippen LogP contribution in [-0.2, 0) is 29.3 Å². The van der Waals surface area contributed by atoms with Crippen molar-refractivity contribution in [1.29, 1.82) is 0 Å². The van der Waals surface area contributed by atoms with Gasteiger partial charge in [0.2, 0.25) is 0 Å². The molecule has 4 nitrogen and oxygen atoms in total. The molecule has 5 heteroatoms. The number of likely N-dealkylation sites (N-methyl/N-ethyl adjacent to an activating group) is 1. The van der Waals surface area contributed by atoms with E-state index in [2.05, 4.69) is 23.6 Å². The highest BCUT2D eigenvalue weighted by Gasteiger charge is 2.18. The Morgan fingerprint density at radius 2 is 1.69 bits per heavy atom. The molecule has 3 rings (SSSR count). The standard InChI is InChI=1S/C21H28N2O2S/c1-3-4-5-17-6-9-20(10-7-17)22-26(24,25)21-11-8-18-12-14-23(2)15-13-19(18)16-21/h6-11,16,22H,3-5,12-15H2,1-2H3. The van der Waals surface area contributed by atoms with Gasteiger partial charge in [-0.25, -0.2) is 8.42 Å². The maximum absolute atomic E-state index is 12.8. The number of nitrogens with one attached hydrogen (secondary N) is 1. The predicted molar refractivity (Wildman–Crippen MR) is 107 cm³/mol. The van der Waals surface area contributed by atoms with Gasteiger partial charge in [-0.2, -0.15) is 0 Å². The van der Waals surface area contributed by atoms with Crippen molar-refractivity contribution < 1.29 is 8.42 Å². The molecule has 0 amide bonds. The molecule has 0 radical (unpaired) electrons. The fraction of sp³-hybridized carbons (Fsp3) is 0.429. The van der Waals surface area contributed by atoms with E-state index in [4.69, 9.17) is 0 Å². The fourth-order valence-corrected chi connectivity index (χ4v) is 4.42. The van der Waals surface area contributed by atoms with Crippen LogP contribution < -0.4 is 4.72 Å². The first kappa shape index (κ1) is 18.9. The zero-order valence-corrected chi connectivity index (χ0v) is 16.5. The zero-order valence-electron chi connectivity index (χ0n) is 15.7. The van der Waals surface area contributed by atoms with Crippen LogP contribution in [0.2, 0.25) is 0 Å². The minimum absolute atomic E-state index is 0.343. The zero-order chi connectivity index (χ0) is 18.6. The van der Waals surface area contributed by atoms with E-state index in [1.807, 2.05) is 36.4 Å². The van der Waals surface area contributed by atoms with Crippen LogP contribution in [0.3, 0.4) is 0 Å². The number of aryl methyl sites for hydroxylation is 1. The van der Waals surface area contributed by atoms with Crippen LogP contribution in [0.25, 0.3) is 0 Å². The molecule has 0 fully saturated rings. The molecule has 1 aliphatic heterocycles. The first-order valence-corrected chi connectivity index (χ1v) is 10.9. The number of anilines is 1. The molecule has 26 heavy (non-hydrogen) atoms. The van der Waals surface area contributed by atoms with Crippen molar-refractivity contribution in [2.45, 2.75) is 43.9 Å². The molecule has 0 unspecified atom stereocenters. The Hall–Kier alpha value is -1.85. The first-order valence-electron chi connectivity index (χ1n) is 9.40. The molecule has 0 spiro atoms. The summed E-state index contributed by atoms with van der Waals surface area (Å²) in [5.41, 5.74) is 4.25. The second-order valence-electron chi connectivity index (χ2n) is 7.14. The normalized spacial score (nSPS) is 15.3. The van der Waals surface area contributed by atoms with Crippen molar-refractivity contribution in [2.75, 3.05) is 24.9 Å². The van der Waals surface area contributed by atoms with Crippen molar-refractivity contribution in [3.63, 3.8) is 0 Å². The molecule has 0 atom stereocenters. The van der Waals surface area contributed by atoms with E-state index < -0.39 is 10.0 Å². The van der Waals surface area contributed by atoms with Gasteiger partial charge in [-0.05, 0) is 73.7 Å². The number of hydrogen-bond acceptors (Lipinski definition) is 3. The van der Waals surface area contributed by atoms with Crippen molar-refractivity contribution in [3.05, 3.63) is 59.2 Å². The molecular formula is C21H28N2O2S. The summed E-state index contributed by atoms with van der Waals surface area (Å²) in [5.74, 6) is 0. The molecule has 2 aromatic carbocycles. The van der Waals surface area contributed by atoms with Gasteiger partial charge in [0.05, 0.1) is 4.90 Å². The van der Waals surface area contributed by atoms with Gasteiger partial charge in [0.1, 0.15) is 0 Å². The molecule has 1 heterocycles. The highest BCUT2D eigenvalue weighted by molar-refractivity contribution is 7.92. The van der Waals surface area contributed by atoms with Crippen LogP contribution in [-0.4, -0.2) is 33.5 Å². The SMILES string of the molecule is CCCCc1ccc(NS(=O)(=O)c2ccc3c(c2)CCN(C)CC3)cc1. The highest BCUT2D eigenvalue weighted by atomic mass is 32.2. The Kier molecular flexibility index (Phi) is 5.99. The average molecular weight is 373 g/mol. The van der Waals surface area contributed by atoms with Gasteiger partial charge >= 0.3 is 0 Å². The fourth-order valence-electron chi connectivity index (χ4n) is 3.31. The Labute approximate surface area is 157 Å². The maximum Gasteiger partial charge on any atom is 0.261 e. The van der Waals surface area contributed by atoms with E-state index in [1.54, 1.807) is 6.07 Å². The molecule has 0 aromatic heterocycles. The van der Waals surface area contributed by atoms with Gasteiger partial charge in [0, 0.05) is 18.8 Å². The lowest BCUT2D eigenvalue weighted by Crippen LogP contribution is -2.20. The molecular weight excluding hydrogens is 344 g/mol. The van der Waals surface area contributed by atoms with Crippen LogP contribution in [0.4, 0.5) is 5.69 Å². The van der Waals surface area contributed by atoms with Gasteiger partial charge in [0.25, 0.3) is 10.0 Å². The minimum atomic E-state index is -3.57. The molecule has 1 aliphatic rings. The van der Waals surface area contributed by atoms with Crippen molar-refractivity contribution in [3.8, 4) is 0 Å². The van der Waals surface area contributed by atoms with E-state index in [0.29, 0.717) is 10.6 Å². The third kappa shape index (κ3) is 4.65. The summed E-state index contributed by atoms with van der Waals surface area (Å²) in [6.45, 7) is 4.14. The maximum atomic E-state index is 12.8. The third-order valence-electron chi connectivity index (χ3n) is 5.04. The average Bonchev–Trinajstić information content (AvgIpc) is 2.82. The van der Waals surface area contributed by atoms with E-state index in [0.717, 1.165) is 50.8 Å². The molecule has 1 N–H and O–H groups in total. The minimum Gasteiger partial charge on any atom is -0.306 e. The number of nitrogens with zero attached hydrogens (tertiary/aromatic N) is 1. The Balaban J connectivity index is 1.76. The first-order chi connectivity index (χ1) is 12.5. The van der Waals surface area contributed by atoms with Crippen LogP contribution >= 0.6 is 0 Å². The number of rotatable bonds is 6. The summed E-state index contributed by atoms with van der Waals surface area (Å²) < 4.78 is 28.3. The van der Waals surface area contributed by atoms with Crippen molar-refractivity contribution >= 4 is 15.7 Å². The van der Waals surface area contributed by atoms with E-state index in [1.165, 1.54) is 11.1 Å². The molecule has 0 saturated carbocycles. The molecule has 0 aliphatic carbocycles. The number of hydrogen-bond donors (Lipinski definition) is 1. The molecule has 0 saturated heterocycles. The largest absolute Gasteiger partial charge is 0.306 e. The third-order valence-corrected chi connectivity index (χ3v) is 6.42. The number of fused-ring (bicyclic) bond motifs is 1. The quantitative estimate of drug-likeness (QED) is 0.838. The lowest BCUT2D eigenvalue weighted by atomic mass is 10.0. The van der Waals surface area contributed by atoms with Crippen LogP contribution in [0.5, 0.6) is 0 Å². The predicted octanol–water partition coefficient (Wildman–Crippen LogP) is 3.86. The summed E-state index contributed by atoms with van der Waals surface area (Å²) in [6, 6.07) is 13.2. The number of unbranched alkanes of at least 4 members (excludes halogenated alkanes) is 1. The second kappa shape index (κ2) is 8.23. The van der Waals surface area contributed by atoms with Gasteiger partial charge in [-0.1, -0.05) is 31.5 Å². The highest BCUT2D eigenvalue weighted by Crippen LogP contribution is 2.22. The second-order valence-corrected chi connectivity index (χ2v) is 8.82. The number of sulfonamides is 1. The summed E-state index contributed by atoms with van der Waals surface area (Å²) in [5, 5.41) is 0. The summed E-state index contributed by atoms with van der Waals surface area (Å²) in [6.07, 6.45) is 5.20. The van der Waals surface area contributed by atoms with Gasteiger partial charge < -0.3 is 4.90 Å². The monoisotopic (exact) mass is 372 g/mol. The molecule has 0 bridgehead atoms. The van der Waals surface area contributed by atoms with E-state index >= 15 is 0 Å². The smallest absolute Gasteiger partial charge is 0.261 e.